The molecular formula is C12H12ClN3O. The van der Waals surface area contributed by atoms with E-state index >= 15 is 0 Å². The van der Waals surface area contributed by atoms with E-state index in [-0.39, 0.29) is 6.04 Å². The van der Waals surface area contributed by atoms with Gasteiger partial charge < -0.3 is 10.3 Å². The summed E-state index contributed by atoms with van der Waals surface area (Å²) < 4.78 is 5.10. The molecule has 0 radical (unpaired) electrons. The van der Waals surface area contributed by atoms with Crippen LogP contribution in [0, 0.1) is 0 Å². The highest BCUT2D eigenvalue weighted by molar-refractivity contribution is 6.30. The van der Waals surface area contributed by atoms with Crippen molar-refractivity contribution in [2.45, 2.75) is 12.5 Å². The van der Waals surface area contributed by atoms with E-state index in [9.17, 15) is 0 Å². The van der Waals surface area contributed by atoms with E-state index in [1.54, 1.807) is 18.2 Å². The Morgan fingerprint density at radius 1 is 1.41 bits per heavy atom. The number of benzene rings is 1. The van der Waals surface area contributed by atoms with Gasteiger partial charge in [0.05, 0.1) is 6.04 Å². The molecule has 1 heterocycles. The smallest absolute Gasteiger partial charge is 0.244 e. The van der Waals surface area contributed by atoms with E-state index in [4.69, 9.17) is 21.9 Å². The minimum Gasteiger partial charge on any atom is -0.337 e. The van der Waals surface area contributed by atoms with E-state index in [0.717, 1.165) is 5.56 Å². The summed E-state index contributed by atoms with van der Waals surface area (Å²) >= 11 is 5.80. The van der Waals surface area contributed by atoms with Crippen molar-refractivity contribution in [3.8, 4) is 11.4 Å². The van der Waals surface area contributed by atoms with E-state index in [1.807, 2.05) is 12.1 Å². The van der Waals surface area contributed by atoms with Gasteiger partial charge in [-0.1, -0.05) is 22.8 Å². The van der Waals surface area contributed by atoms with Crippen LogP contribution in [0.2, 0.25) is 5.02 Å². The fraction of sp³-hybridized carbons (Fsp3) is 0.167. The SMILES string of the molecule is C=CCC(N)c1nc(-c2ccc(Cl)cc2)no1. The van der Waals surface area contributed by atoms with Crippen molar-refractivity contribution in [2.75, 3.05) is 0 Å². The van der Waals surface area contributed by atoms with Crippen molar-refractivity contribution in [2.24, 2.45) is 5.73 Å². The highest BCUT2D eigenvalue weighted by Gasteiger charge is 2.14. The third kappa shape index (κ3) is 2.72. The lowest BCUT2D eigenvalue weighted by Crippen LogP contribution is -2.09. The van der Waals surface area contributed by atoms with Crippen LogP contribution in [0.5, 0.6) is 0 Å². The zero-order valence-corrected chi connectivity index (χ0v) is 9.89. The number of aromatic nitrogens is 2. The molecule has 0 fully saturated rings. The summed E-state index contributed by atoms with van der Waals surface area (Å²) in [6.07, 6.45) is 2.32. The van der Waals surface area contributed by atoms with Crippen LogP contribution in [0.4, 0.5) is 0 Å². The van der Waals surface area contributed by atoms with Gasteiger partial charge in [0, 0.05) is 10.6 Å². The summed E-state index contributed by atoms with van der Waals surface area (Å²) in [6, 6.07) is 6.90. The van der Waals surface area contributed by atoms with Gasteiger partial charge in [0.2, 0.25) is 11.7 Å². The molecule has 2 N–H and O–H groups in total. The van der Waals surface area contributed by atoms with Crippen molar-refractivity contribution in [3.05, 3.63) is 47.8 Å². The Morgan fingerprint density at radius 2 is 2.12 bits per heavy atom. The molecule has 0 aliphatic heterocycles. The van der Waals surface area contributed by atoms with Crippen LogP contribution >= 0.6 is 11.6 Å². The van der Waals surface area contributed by atoms with Crippen LogP contribution < -0.4 is 5.73 Å². The standard InChI is InChI=1S/C12H12ClN3O/c1-2-3-10(14)12-15-11(16-17-12)8-4-6-9(13)7-5-8/h2,4-7,10H,1,3,14H2. The van der Waals surface area contributed by atoms with Gasteiger partial charge in [0.15, 0.2) is 0 Å². The molecule has 2 rings (SSSR count). The van der Waals surface area contributed by atoms with Gasteiger partial charge in [-0.3, -0.25) is 0 Å². The fourth-order valence-corrected chi connectivity index (χ4v) is 1.51. The van der Waals surface area contributed by atoms with Gasteiger partial charge in [0.25, 0.3) is 0 Å². The summed E-state index contributed by atoms with van der Waals surface area (Å²) in [5.41, 5.74) is 6.68. The lowest BCUT2D eigenvalue weighted by Gasteiger charge is -2.00. The summed E-state index contributed by atoms with van der Waals surface area (Å²) in [7, 11) is 0. The van der Waals surface area contributed by atoms with E-state index < -0.39 is 0 Å². The molecule has 1 aromatic heterocycles. The maximum atomic E-state index is 5.83. The second kappa shape index (κ2) is 5.12. The van der Waals surface area contributed by atoms with Crippen LogP contribution in [0.25, 0.3) is 11.4 Å². The first-order valence-corrected chi connectivity index (χ1v) is 5.54. The normalized spacial score (nSPS) is 12.4. The highest BCUT2D eigenvalue weighted by Crippen LogP contribution is 2.20. The van der Waals surface area contributed by atoms with Crippen LogP contribution in [0.1, 0.15) is 18.4 Å². The summed E-state index contributed by atoms with van der Waals surface area (Å²) in [5, 5.41) is 4.54. The molecule has 0 saturated heterocycles. The molecule has 4 nitrogen and oxygen atoms in total. The molecule has 2 aromatic rings. The Bertz CT molecular complexity index is 507. The van der Waals surface area contributed by atoms with Crippen molar-refractivity contribution < 1.29 is 4.52 Å². The Kier molecular flexibility index (Phi) is 3.56. The van der Waals surface area contributed by atoms with Crippen molar-refractivity contribution in [3.63, 3.8) is 0 Å². The number of nitrogens with zero attached hydrogens (tertiary/aromatic N) is 2. The Labute approximate surface area is 104 Å². The molecule has 1 atom stereocenters. The first-order chi connectivity index (χ1) is 8.20. The second-order valence-electron chi connectivity index (χ2n) is 3.59. The maximum Gasteiger partial charge on any atom is 0.244 e. The first-order valence-electron chi connectivity index (χ1n) is 5.16. The van der Waals surface area contributed by atoms with Gasteiger partial charge in [0.1, 0.15) is 0 Å². The van der Waals surface area contributed by atoms with Gasteiger partial charge in [-0.25, -0.2) is 0 Å². The fourth-order valence-electron chi connectivity index (χ4n) is 1.38. The quantitative estimate of drug-likeness (QED) is 0.846. The van der Waals surface area contributed by atoms with E-state index in [0.29, 0.717) is 23.2 Å². The van der Waals surface area contributed by atoms with E-state index in [1.165, 1.54) is 0 Å². The molecule has 17 heavy (non-hydrogen) atoms. The zero-order valence-electron chi connectivity index (χ0n) is 9.14. The predicted molar refractivity (Wildman–Crippen MR) is 66.5 cm³/mol. The number of nitrogens with two attached hydrogens (primary N) is 1. The zero-order chi connectivity index (χ0) is 12.3. The molecule has 5 heteroatoms. The van der Waals surface area contributed by atoms with Crippen molar-refractivity contribution in [1.29, 1.82) is 0 Å². The van der Waals surface area contributed by atoms with Crippen molar-refractivity contribution in [1.82, 2.24) is 10.1 Å². The number of rotatable bonds is 4. The Balaban J connectivity index is 2.23. The maximum absolute atomic E-state index is 5.83. The van der Waals surface area contributed by atoms with Crippen LogP contribution in [0.3, 0.4) is 0 Å². The number of hydrogen-bond donors (Lipinski definition) is 1. The molecule has 0 amide bonds. The molecule has 88 valence electrons. The van der Waals surface area contributed by atoms with Gasteiger partial charge in [-0.2, -0.15) is 4.98 Å². The van der Waals surface area contributed by atoms with E-state index in [2.05, 4.69) is 16.7 Å². The summed E-state index contributed by atoms with van der Waals surface area (Å²) in [6.45, 7) is 3.62. The predicted octanol–water partition coefficient (Wildman–Crippen LogP) is 2.97. The van der Waals surface area contributed by atoms with Crippen LogP contribution in [-0.4, -0.2) is 10.1 Å². The molecule has 0 saturated carbocycles. The first kappa shape index (κ1) is 11.8. The highest BCUT2D eigenvalue weighted by atomic mass is 35.5. The minimum atomic E-state index is -0.305. The van der Waals surface area contributed by atoms with Gasteiger partial charge in [-0.05, 0) is 30.7 Å². The third-order valence-corrected chi connectivity index (χ3v) is 2.53. The average Bonchev–Trinajstić information content (AvgIpc) is 2.80. The molecular weight excluding hydrogens is 238 g/mol. The van der Waals surface area contributed by atoms with Gasteiger partial charge >= 0.3 is 0 Å². The summed E-state index contributed by atoms with van der Waals surface area (Å²) in [4.78, 5) is 4.24. The number of halogens is 1. The molecule has 0 bridgehead atoms. The summed E-state index contributed by atoms with van der Waals surface area (Å²) in [5.74, 6) is 0.922. The third-order valence-electron chi connectivity index (χ3n) is 2.28. The average molecular weight is 250 g/mol. The number of hydrogen-bond acceptors (Lipinski definition) is 4. The van der Waals surface area contributed by atoms with Crippen LogP contribution in [0.15, 0.2) is 41.4 Å². The van der Waals surface area contributed by atoms with Crippen molar-refractivity contribution >= 4 is 11.6 Å². The Morgan fingerprint density at radius 3 is 2.76 bits per heavy atom. The van der Waals surface area contributed by atoms with Gasteiger partial charge in [-0.15, -0.1) is 6.58 Å². The molecule has 1 aromatic carbocycles. The molecule has 0 aliphatic carbocycles. The molecule has 0 spiro atoms. The molecule has 1 unspecified atom stereocenters. The minimum absolute atomic E-state index is 0.305. The van der Waals surface area contributed by atoms with Crippen LogP contribution in [-0.2, 0) is 0 Å². The molecule has 0 aliphatic rings. The second-order valence-corrected chi connectivity index (χ2v) is 4.03. The largest absolute Gasteiger partial charge is 0.337 e. The topological polar surface area (TPSA) is 64.9 Å². The monoisotopic (exact) mass is 249 g/mol. The lowest BCUT2D eigenvalue weighted by atomic mass is 10.2. The Hall–Kier alpha value is -1.65. The lowest BCUT2D eigenvalue weighted by molar-refractivity contribution is 0.356.